The van der Waals surface area contributed by atoms with Crippen LogP contribution < -0.4 is 5.32 Å². The van der Waals surface area contributed by atoms with Crippen molar-refractivity contribution in [3.63, 3.8) is 0 Å². The molecule has 81 valence electrons. The van der Waals surface area contributed by atoms with Gasteiger partial charge in [0.2, 0.25) is 0 Å². The van der Waals surface area contributed by atoms with Gasteiger partial charge >= 0.3 is 0 Å². The third kappa shape index (κ3) is 3.67. The Morgan fingerprint density at radius 3 is 2.80 bits per heavy atom. The van der Waals surface area contributed by atoms with Crippen LogP contribution in [0.5, 0.6) is 0 Å². The lowest BCUT2D eigenvalue weighted by atomic mass is 9.98. The molecule has 0 aliphatic carbocycles. The van der Waals surface area contributed by atoms with Crippen LogP contribution in [0.25, 0.3) is 0 Å². The van der Waals surface area contributed by atoms with Gasteiger partial charge in [0, 0.05) is 6.04 Å². The second-order valence-electron chi connectivity index (χ2n) is 4.35. The largest absolute Gasteiger partial charge is 0.314 e. The molecule has 1 nitrogen and oxygen atoms in total. The summed E-state index contributed by atoms with van der Waals surface area (Å²) in [5, 5.41) is 3.55. The Kier molecular flexibility index (Phi) is 4.22. The average Bonchev–Trinajstić information content (AvgIpc) is 2.32. The summed E-state index contributed by atoms with van der Waals surface area (Å²) in [6, 6.07) is 11.6. The van der Waals surface area contributed by atoms with Crippen molar-refractivity contribution in [2.45, 2.75) is 38.1 Å². The van der Waals surface area contributed by atoms with Gasteiger partial charge < -0.3 is 5.32 Å². The highest BCUT2D eigenvalue weighted by atomic mass is 14.9. The van der Waals surface area contributed by atoms with Crippen LogP contribution in [0.2, 0.25) is 0 Å². The van der Waals surface area contributed by atoms with Crippen molar-refractivity contribution in [3.05, 3.63) is 42.3 Å². The molecule has 2 rings (SSSR count). The summed E-state index contributed by atoms with van der Waals surface area (Å²) in [6.45, 7) is 1.11. The fourth-order valence-corrected chi connectivity index (χ4v) is 2.22. The van der Waals surface area contributed by atoms with E-state index in [0.717, 1.165) is 12.6 Å². The maximum Gasteiger partial charge on any atom is 0.00674 e. The summed E-state index contributed by atoms with van der Waals surface area (Å²) in [4.78, 5) is 0. The molecule has 1 aliphatic rings. The molecular formula is C14H20N. The zero-order valence-corrected chi connectivity index (χ0v) is 9.28. The Morgan fingerprint density at radius 2 is 2.07 bits per heavy atom. The standard InChI is InChI=1S/C14H20N/c1-2-7-13(8-3-1)9-6-11-14-10-4-5-12-15-14/h1-3,5,7-8,14-15H,4,6,9-12H2. The van der Waals surface area contributed by atoms with Crippen molar-refractivity contribution in [1.82, 2.24) is 5.32 Å². The molecule has 1 N–H and O–H groups in total. The number of benzene rings is 1. The van der Waals surface area contributed by atoms with E-state index in [2.05, 4.69) is 42.1 Å². The molecule has 1 aromatic carbocycles. The Labute approximate surface area is 92.9 Å². The first-order chi connectivity index (χ1) is 7.45. The van der Waals surface area contributed by atoms with Crippen LogP contribution in [-0.4, -0.2) is 12.6 Å². The smallest absolute Gasteiger partial charge is 0.00674 e. The van der Waals surface area contributed by atoms with Crippen molar-refractivity contribution in [2.24, 2.45) is 0 Å². The summed E-state index contributed by atoms with van der Waals surface area (Å²) in [6.07, 6.45) is 8.82. The molecule has 1 aliphatic heterocycles. The Bertz CT molecular complexity index is 262. The SMILES string of the molecule is [CH]1CCC(CCCc2ccccc2)NC1. The lowest BCUT2D eigenvalue weighted by Gasteiger charge is -2.23. The van der Waals surface area contributed by atoms with Gasteiger partial charge in [0.1, 0.15) is 0 Å². The minimum absolute atomic E-state index is 0.763. The number of piperidine rings is 1. The quantitative estimate of drug-likeness (QED) is 0.791. The highest BCUT2D eigenvalue weighted by Crippen LogP contribution is 2.13. The van der Waals surface area contributed by atoms with Crippen molar-refractivity contribution in [3.8, 4) is 0 Å². The van der Waals surface area contributed by atoms with E-state index in [0.29, 0.717) is 0 Å². The maximum atomic E-state index is 3.55. The van der Waals surface area contributed by atoms with Crippen molar-refractivity contribution in [2.75, 3.05) is 6.54 Å². The minimum atomic E-state index is 0.763. The molecule has 1 radical (unpaired) electrons. The van der Waals surface area contributed by atoms with Crippen LogP contribution in [0.1, 0.15) is 31.2 Å². The molecule has 0 spiro atoms. The normalized spacial score (nSPS) is 21.5. The predicted molar refractivity (Wildman–Crippen MR) is 64.7 cm³/mol. The summed E-state index contributed by atoms with van der Waals surface area (Å²) in [5.41, 5.74) is 1.47. The van der Waals surface area contributed by atoms with Gasteiger partial charge in [0.25, 0.3) is 0 Å². The van der Waals surface area contributed by atoms with E-state index in [4.69, 9.17) is 0 Å². The van der Waals surface area contributed by atoms with Gasteiger partial charge in [-0.2, -0.15) is 0 Å². The maximum absolute atomic E-state index is 3.55. The fraction of sp³-hybridized carbons (Fsp3) is 0.500. The van der Waals surface area contributed by atoms with E-state index in [-0.39, 0.29) is 0 Å². The zero-order valence-electron chi connectivity index (χ0n) is 9.28. The van der Waals surface area contributed by atoms with Crippen molar-refractivity contribution in [1.29, 1.82) is 0 Å². The zero-order chi connectivity index (χ0) is 10.3. The topological polar surface area (TPSA) is 12.0 Å². The first-order valence-electron chi connectivity index (χ1n) is 6.04. The molecule has 0 amide bonds. The van der Waals surface area contributed by atoms with Gasteiger partial charge in [-0.05, 0) is 50.6 Å². The first-order valence-corrected chi connectivity index (χ1v) is 6.04. The number of rotatable bonds is 4. The molecule has 1 aromatic rings. The molecule has 0 bridgehead atoms. The molecule has 1 saturated heterocycles. The minimum Gasteiger partial charge on any atom is -0.314 e. The van der Waals surface area contributed by atoms with E-state index in [9.17, 15) is 0 Å². The average molecular weight is 202 g/mol. The molecule has 1 unspecified atom stereocenters. The van der Waals surface area contributed by atoms with Gasteiger partial charge in [-0.25, -0.2) is 0 Å². The van der Waals surface area contributed by atoms with Gasteiger partial charge in [0.15, 0.2) is 0 Å². The molecule has 0 saturated carbocycles. The summed E-state index contributed by atoms with van der Waals surface area (Å²) in [7, 11) is 0. The van der Waals surface area contributed by atoms with Gasteiger partial charge in [-0.15, -0.1) is 0 Å². The summed E-state index contributed by atoms with van der Waals surface area (Å²) < 4.78 is 0. The van der Waals surface area contributed by atoms with Crippen LogP contribution in [-0.2, 0) is 6.42 Å². The van der Waals surface area contributed by atoms with Crippen molar-refractivity contribution >= 4 is 0 Å². The number of aryl methyl sites for hydroxylation is 1. The summed E-state index contributed by atoms with van der Waals surface area (Å²) >= 11 is 0. The second-order valence-corrected chi connectivity index (χ2v) is 4.35. The van der Waals surface area contributed by atoms with Crippen LogP contribution in [0.4, 0.5) is 0 Å². The number of hydrogen-bond acceptors (Lipinski definition) is 1. The highest BCUT2D eigenvalue weighted by molar-refractivity contribution is 5.14. The number of hydrogen-bond donors (Lipinski definition) is 1. The van der Waals surface area contributed by atoms with E-state index < -0.39 is 0 Å². The molecule has 0 aromatic heterocycles. The van der Waals surface area contributed by atoms with Gasteiger partial charge in [-0.3, -0.25) is 0 Å². The van der Waals surface area contributed by atoms with Crippen LogP contribution in [0.15, 0.2) is 30.3 Å². The third-order valence-corrected chi connectivity index (χ3v) is 3.13. The van der Waals surface area contributed by atoms with Crippen LogP contribution in [0.3, 0.4) is 0 Å². The van der Waals surface area contributed by atoms with Gasteiger partial charge in [-0.1, -0.05) is 30.3 Å². The Hall–Kier alpha value is -0.820. The second kappa shape index (κ2) is 5.92. The van der Waals surface area contributed by atoms with Gasteiger partial charge in [0.05, 0.1) is 0 Å². The molecule has 15 heavy (non-hydrogen) atoms. The Balaban J connectivity index is 1.66. The van der Waals surface area contributed by atoms with E-state index >= 15 is 0 Å². The van der Waals surface area contributed by atoms with E-state index in [1.807, 2.05) is 0 Å². The fourth-order valence-electron chi connectivity index (χ4n) is 2.22. The number of nitrogens with one attached hydrogen (secondary N) is 1. The van der Waals surface area contributed by atoms with Crippen molar-refractivity contribution < 1.29 is 0 Å². The van der Waals surface area contributed by atoms with Crippen LogP contribution in [0, 0.1) is 6.42 Å². The van der Waals surface area contributed by atoms with Crippen LogP contribution >= 0.6 is 0 Å². The van der Waals surface area contributed by atoms with E-state index in [1.54, 1.807) is 0 Å². The third-order valence-electron chi connectivity index (χ3n) is 3.13. The molecule has 1 heteroatoms. The lowest BCUT2D eigenvalue weighted by Crippen LogP contribution is -2.34. The molecule has 1 heterocycles. The lowest BCUT2D eigenvalue weighted by molar-refractivity contribution is 0.417. The highest BCUT2D eigenvalue weighted by Gasteiger charge is 2.11. The molecular weight excluding hydrogens is 182 g/mol. The molecule has 1 fully saturated rings. The predicted octanol–water partition coefficient (Wildman–Crippen LogP) is 2.97. The summed E-state index contributed by atoms with van der Waals surface area (Å²) in [5.74, 6) is 0. The van der Waals surface area contributed by atoms with E-state index in [1.165, 1.54) is 37.7 Å². The first kappa shape index (κ1) is 10.7. The molecule has 1 atom stereocenters. The Morgan fingerprint density at radius 1 is 1.20 bits per heavy atom. The monoisotopic (exact) mass is 202 g/mol.